The molecule has 1 fully saturated rings. The molecule has 1 aliphatic rings. The molecule has 1 saturated heterocycles. The van der Waals surface area contributed by atoms with Crippen molar-refractivity contribution in [3.63, 3.8) is 0 Å². The second-order valence-corrected chi connectivity index (χ2v) is 7.98. The fourth-order valence-electron chi connectivity index (χ4n) is 3.35. The number of aromatic nitrogens is 1. The molecule has 2 heterocycles. The number of rotatable bonds is 5. The minimum absolute atomic E-state index is 0.0311. The molecule has 1 aromatic rings. The van der Waals surface area contributed by atoms with Gasteiger partial charge in [0.05, 0.1) is 18.2 Å². The first-order valence-electron chi connectivity index (χ1n) is 7.99. The number of urea groups is 1. The van der Waals surface area contributed by atoms with Gasteiger partial charge in [0.25, 0.3) is 0 Å². The summed E-state index contributed by atoms with van der Waals surface area (Å²) in [4.78, 5) is 20.0. The van der Waals surface area contributed by atoms with Gasteiger partial charge in [0.2, 0.25) is 0 Å². The van der Waals surface area contributed by atoms with Crippen molar-refractivity contribution in [2.75, 3.05) is 13.2 Å². The van der Waals surface area contributed by atoms with Crippen molar-refractivity contribution in [3.8, 4) is 0 Å². The second kappa shape index (κ2) is 6.96. The van der Waals surface area contributed by atoms with Gasteiger partial charge in [-0.15, -0.1) is 11.3 Å². The summed E-state index contributed by atoms with van der Waals surface area (Å²) in [7, 11) is 0. The number of hydrogen-bond donors (Lipinski definition) is 2. The molecule has 0 aromatic carbocycles. The van der Waals surface area contributed by atoms with Crippen molar-refractivity contribution in [1.82, 2.24) is 15.2 Å². The standard InChI is InChI=1S/C16H27N3O2S/c1-11(2)8-16(10-20)6-5-7-19(16)15(21)18-13(4)14-17-9-12(3)22-14/h9,11,13,20H,5-8,10H2,1-4H3,(H,18,21)/t13-,16-/m1/s1. The van der Waals surface area contributed by atoms with Gasteiger partial charge in [-0.1, -0.05) is 13.8 Å². The average molecular weight is 325 g/mol. The highest BCUT2D eigenvalue weighted by atomic mass is 32.1. The topological polar surface area (TPSA) is 65.5 Å². The summed E-state index contributed by atoms with van der Waals surface area (Å²) in [6, 6.07) is -0.199. The van der Waals surface area contributed by atoms with Crippen molar-refractivity contribution in [2.24, 2.45) is 5.92 Å². The zero-order valence-electron chi connectivity index (χ0n) is 13.9. The van der Waals surface area contributed by atoms with E-state index in [1.54, 1.807) is 11.3 Å². The molecule has 0 unspecified atom stereocenters. The maximum absolute atomic E-state index is 12.7. The lowest BCUT2D eigenvalue weighted by Gasteiger charge is -2.38. The number of aliphatic hydroxyl groups excluding tert-OH is 1. The van der Waals surface area contributed by atoms with Crippen LogP contribution in [0.15, 0.2) is 6.20 Å². The molecule has 2 N–H and O–H groups in total. The number of likely N-dealkylation sites (tertiary alicyclic amines) is 1. The van der Waals surface area contributed by atoms with Gasteiger partial charge < -0.3 is 15.3 Å². The lowest BCUT2D eigenvalue weighted by atomic mass is 9.87. The summed E-state index contributed by atoms with van der Waals surface area (Å²) in [6.07, 6.45) is 4.49. The summed E-state index contributed by atoms with van der Waals surface area (Å²) in [6.45, 7) is 8.97. The third-order valence-corrected chi connectivity index (χ3v) is 5.37. The monoisotopic (exact) mass is 325 g/mol. The Balaban J connectivity index is 2.07. The molecule has 6 heteroatoms. The van der Waals surface area contributed by atoms with Gasteiger partial charge in [0.15, 0.2) is 0 Å². The van der Waals surface area contributed by atoms with E-state index in [2.05, 4.69) is 24.1 Å². The minimum atomic E-state index is -0.406. The zero-order chi connectivity index (χ0) is 16.3. The maximum Gasteiger partial charge on any atom is 0.318 e. The molecule has 0 aliphatic carbocycles. The molecule has 0 saturated carbocycles. The van der Waals surface area contributed by atoms with Gasteiger partial charge in [0.1, 0.15) is 5.01 Å². The molecule has 5 nitrogen and oxygen atoms in total. The van der Waals surface area contributed by atoms with Crippen LogP contribution in [0.4, 0.5) is 4.79 Å². The molecule has 124 valence electrons. The Labute approximate surface area is 136 Å². The number of thiazole rings is 1. The predicted octanol–water partition coefficient (Wildman–Crippen LogP) is 3.10. The summed E-state index contributed by atoms with van der Waals surface area (Å²) in [5, 5.41) is 13.9. The van der Waals surface area contributed by atoms with E-state index in [1.165, 1.54) is 0 Å². The molecule has 0 bridgehead atoms. The Morgan fingerprint density at radius 2 is 2.27 bits per heavy atom. The smallest absolute Gasteiger partial charge is 0.318 e. The molecule has 2 rings (SSSR count). The molecule has 0 spiro atoms. The van der Waals surface area contributed by atoms with Gasteiger partial charge in [-0.3, -0.25) is 0 Å². The number of amides is 2. The van der Waals surface area contributed by atoms with E-state index in [1.807, 2.05) is 24.9 Å². The highest BCUT2D eigenvalue weighted by Crippen LogP contribution is 2.35. The van der Waals surface area contributed by atoms with Crippen LogP contribution in [0, 0.1) is 12.8 Å². The van der Waals surface area contributed by atoms with Gasteiger partial charge in [-0.05, 0) is 39.0 Å². The lowest BCUT2D eigenvalue weighted by molar-refractivity contribution is 0.0667. The van der Waals surface area contributed by atoms with Gasteiger partial charge in [-0.25, -0.2) is 9.78 Å². The van der Waals surface area contributed by atoms with E-state index in [9.17, 15) is 9.90 Å². The van der Waals surface area contributed by atoms with Crippen LogP contribution >= 0.6 is 11.3 Å². The van der Waals surface area contributed by atoms with Crippen LogP contribution in [-0.2, 0) is 0 Å². The largest absolute Gasteiger partial charge is 0.394 e. The van der Waals surface area contributed by atoms with Crippen molar-refractivity contribution in [1.29, 1.82) is 0 Å². The van der Waals surface area contributed by atoms with Crippen LogP contribution in [0.2, 0.25) is 0 Å². The quantitative estimate of drug-likeness (QED) is 0.874. The Bertz CT molecular complexity index is 517. The van der Waals surface area contributed by atoms with E-state index >= 15 is 0 Å². The molecule has 0 radical (unpaired) electrons. The number of aliphatic hydroxyl groups is 1. The fraction of sp³-hybridized carbons (Fsp3) is 0.750. The number of nitrogens with zero attached hydrogens (tertiary/aromatic N) is 2. The van der Waals surface area contributed by atoms with E-state index in [-0.39, 0.29) is 18.7 Å². The average Bonchev–Trinajstić information content (AvgIpc) is 3.05. The van der Waals surface area contributed by atoms with Crippen molar-refractivity contribution >= 4 is 17.4 Å². The first-order chi connectivity index (χ1) is 10.4. The van der Waals surface area contributed by atoms with Crippen LogP contribution in [0.5, 0.6) is 0 Å². The minimum Gasteiger partial charge on any atom is -0.394 e. The number of carbonyl (C=O) groups excluding carboxylic acids is 1. The highest BCUT2D eigenvalue weighted by Gasteiger charge is 2.43. The van der Waals surface area contributed by atoms with Gasteiger partial charge in [-0.2, -0.15) is 0 Å². The van der Waals surface area contributed by atoms with Crippen LogP contribution in [-0.4, -0.2) is 39.7 Å². The van der Waals surface area contributed by atoms with Crippen molar-refractivity contribution < 1.29 is 9.90 Å². The third-order valence-electron chi connectivity index (χ3n) is 4.27. The number of hydrogen-bond acceptors (Lipinski definition) is 4. The van der Waals surface area contributed by atoms with E-state index in [4.69, 9.17) is 0 Å². The molecule has 2 amide bonds. The number of aryl methyl sites for hydroxylation is 1. The Morgan fingerprint density at radius 3 is 2.82 bits per heavy atom. The van der Waals surface area contributed by atoms with Crippen LogP contribution in [0.25, 0.3) is 0 Å². The molecular weight excluding hydrogens is 298 g/mol. The normalized spacial score (nSPS) is 23.1. The van der Waals surface area contributed by atoms with E-state index < -0.39 is 5.54 Å². The van der Waals surface area contributed by atoms with E-state index in [0.717, 1.165) is 29.1 Å². The van der Waals surface area contributed by atoms with Crippen LogP contribution in [0.3, 0.4) is 0 Å². The molecule has 22 heavy (non-hydrogen) atoms. The molecule has 1 aliphatic heterocycles. The molecule has 2 atom stereocenters. The van der Waals surface area contributed by atoms with Gasteiger partial charge in [0, 0.05) is 17.6 Å². The molecular formula is C16H27N3O2S. The predicted molar refractivity (Wildman–Crippen MR) is 89.0 cm³/mol. The van der Waals surface area contributed by atoms with E-state index in [0.29, 0.717) is 12.5 Å². The van der Waals surface area contributed by atoms with Crippen molar-refractivity contribution in [2.45, 2.75) is 58.5 Å². The van der Waals surface area contributed by atoms with Crippen LogP contribution < -0.4 is 5.32 Å². The number of carbonyl (C=O) groups is 1. The lowest BCUT2D eigenvalue weighted by Crippen LogP contribution is -2.54. The SMILES string of the molecule is Cc1cnc([C@@H](C)NC(=O)N2CCC[C@]2(CO)CC(C)C)s1. The van der Waals surface area contributed by atoms with Crippen molar-refractivity contribution in [3.05, 3.63) is 16.1 Å². The second-order valence-electron chi connectivity index (χ2n) is 6.72. The Morgan fingerprint density at radius 1 is 1.55 bits per heavy atom. The molecule has 1 aromatic heterocycles. The maximum atomic E-state index is 12.7. The third kappa shape index (κ3) is 3.60. The summed E-state index contributed by atoms with van der Waals surface area (Å²) in [5.41, 5.74) is -0.406. The first kappa shape index (κ1) is 17.2. The summed E-state index contributed by atoms with van der Waals surface area (Å²) in [5.74, 6) is 0.444. The summed E-state index contributed by atoms with van der Waals surface area (Å²) >= 11 is 1.60. The number of nitrogens with one attached hydrogen (secondary N) is 1. The van der Waals surface area contributed by atoms with Gasteiger partial charge >= 0.3 is 6.03 Å². The Kier molecular flexibility index (Phi) is 5.45. The fourth-order valence-corrected chi connectivity index (χ4v) is 4.13. The zero-order valence-corrected chi connectivity index (χ0v) is 14.7. The summed E-state index contributed by atoms with van der Waals surface area (Å²) < 4.78 is 0. The van der Waals surface area contributed by atoms with Crippen LogP contribution in [0.1, 0.15) is 56.0 Å². The first-order valence-corrected chi connectivity index (χ1v) is 8.81. The highest BCUT2D eigenvalue weighted by molar-refractivity contribution is 7.11. The Hall–Kier alpha value is -1.14.